The predicted octanol–water partition coefficient (Wildman–Crippen LogP) is 4.55. The molecular weight excluding hydrogens is 457 g/mol. The van der Waals surface area contributed by atoms with Crippen LogP contribution in [0.1, 0.15) is 34.5 Å². The number of benzene rings is 3. The first kappa shape index (κ1) is 24.8. The molecule has 0 aliphatic heterocycles. The van der Waals surface area contributed by atoms with Crippen molar-refractivity contribution in [2.24, 2.45) is 0 Å². The summed E-state index contributed by atoms with van der Waals surface area (Å²) in [5.74, 6) is -0.847. The van der Waals surface area contributed by atoms with Crippen molar-refractivity contribution < 1.29 is 9.18 Å². The highest BCUT2D eigenvalue weighted by atomic mass is 19.1. The van der Waals surface area contributed by atoms with E-state index in [0.29, 0.717) is 16.9 Å². The highest BCUT2D eigenvalue weighted by Crippen LogP contribution is 2.22. The Kier molecular flexibility index (Phi) is 7.26. The van der Waals surface area contributed by atoms with E-state index in [9.17, 15) is 14.0 Å². The first-order valence-corrected chi connectivity index (χ1v) is 11.5. The van der Waals surface area contributed by atoms with E-state index in [4.69, 9.17) is 5.73 Å². The predicted molar refractivity (Wildman–Crippen MR) is 140 cm³/mol. The molecule has 0 spiro atoms. The van der Waals surface area contributed by atoms with Crippen molar-refractivity contribution in [3.8, 4) is 11.3 Å². The van der Waals surface area contributed by atoms with Gasteiger partial charge in [-0.05, 0) is 68.5 Å². The third kappa shape index (κ3) is 5.67. The smallest absolute Gasteiger partial charge is 0.267 e. The molecule has 7 nitrogen and oxygen atoms in total. The lowest BCUT2D eigenvalue weighted by Gasteiger charge is -2.16. The van der Waals surface area contributed by atoms with Gasteiger partial charge in [-0.3, -0.25) is 9.59 Å². The zero-order valence-electron chi connectivity index (χ0n) is 20.4. The van der Waals surface area contributed by atoms with E-state index in [-0.39, 0.29) is 23.2 Å². The molecule has 1 heterocycles. The Morgan fingerprint density at radius 3 is 2.36 bits per heavy atom. The molecule has 3 N–H and O–H groups in total. The van der Waals surface area contributed by atoms with E-state index in [1.807, 2.05) is 33.2 Å². The minimum absolute atomic E-state index is 0.145. The van der Waals surface area contributed by atoms with Crippen molar-refractivity contribution in [2.75, 3.05) is 25.1 Å². The fourth-order valence-corrected chi connectivity index (χ4v) is 3.90. The van der Waals surface area contributed by atoms with Gasteiger partial charge in [0.2, 0.25) is 0 Å². The van der Waals surface area contributed by atoms with Crippen LogP contribution in [0.25, 0.3) is 11.3 Å². The molecule has 0 bridgehead atoms. The van der Waals surface area contributed by atoms with Crippen molar-refractivity contribution in [1.29, 1.82) is 0 Å². The fraction of sp³-hybridized carbons (Fsp3) is 0.179. The van der Waals surface area contributed by atoms with Gasteiger partial charge in [-0.25, -0.2) is 9.07 Å². The van der Waals surface area contributed by atoms with E-state index < -0.39 is 5.82 Å². The summed E-state index contributed by atoms with van der Waals surface area (Å²) >= 11 is 0. The maximum Gasteiger partial charge on any atom is 0.267 e. The Balaban J connectivity index is 1.52. The standard InChI is InChI=1S/C28H28FN5O2/c1-18(20-8-10-22(11-9-20)28(36)31-26-13-12-23(29)16-24(26)30)34-27(35)15-14-25(32-34)21-6-4-19(5-7-21)17-33(2)3/h4-16,18H,17,30H2,1-3H3,(H,31,36). The molecular formula is C28H28FN5O2. The monoisotopic (exact) mass is 485 g/mol. The third-order valence-corrected chi connectivity index (χ3v) is 5.86. The number of anilines is 2. The van der Waals surface area contributed by atoms with E-state index in [0.717, 1.165) is 23.7 Å². The van der Waals surface area contributed by atoms with Gasteiger partial charge in [-0.2, -0.15) is 5.10 Å². The summed E-state index contributed by atoms with van der Waals surface area (Å²) in [6.45, 7) is 2.72. The first-order chi connectivity index (χ1) is 17.2. The molecule has 0 aliphatic rings. The van der Waals surface area contributed by atoms with Crippen molar-refractivity contribution in [3.63, 3.8) is 0 Å². The number of nitrogens with one attached hydrogen (secondary N) is 1. The van der Waals surface area contributed by atoms with Crippen LogP contribution < -0.4 is 16.6 Å². The first-order valence-electron chi connectivity index (χ1n) is 11.5. The fourth-order valence-electron chi connectivity index (χ4n) is 3.90. The number of carbonyl (C=O) groups excluding carboxylic acids is 1. The molecule has 0 radical (unpaired) electrons. The van der Waals surface area contributed by atoms with E-state index in [2.05, 4.69) is 27.4 Å². The van der Waals surface area contributed by atoms with Crippen LogP contribution in [-0.2, 0) is 6.54 Å². The van der Waals surface area contributed by atoms with E-state index in [1.165, 1.54) is 28.4 Å². The molecule has 184 valence electrons. The summed E-state index contributed by atoms with van der Waals surface area (Å²) in [6, 6.07) is 21.7. The lowest BCUT2D eigenvalue weighted by atomic mass is 10.1. The number of nitrogens with zero attached hydrogens (tertiary/aromatic N) is 3. The van der Waals surface area contributed by atoms with Gasteiger partial charge in [0.15, 0.2) is 0 Å². The molecule has 1 unspecified atom stereocenters. The summed E-state index contributed by atoms with van der Waals surface area (Å²) in [4.78, 5) is 27.3. The third-order valence-electron chi connectivity index (χ3n) is 5.86. The largest absolute Gasteiger partial charge is 0.397 e. The van der Waals surface area contributed by atoms with E-state index in [1.54, 1.807) is 30.3 Å². The SMILES string of the molecule is CC(c1ccc(C(=O)Nc2ccc(F)cc2N)cc1)n1nc(-c2ccc(CN(C)C)cc2)ccc1=O. The highest BCUT2D eigenvalue weighted by Gasteiger charge is 2.14. The molecule has 4 aromatic rings. The number of aromatic nitrogens is 2. The number of hydrogen-bond donors (Lipinski definition) is 2. The van der Waals surface area contributed by atoms with Gasteiger partial charge in [-0.15, -0.1) is 0 Å². The topological polar surface area (TPSA) is 93.2 Å². The molecule has 8 heteroatoms. The Labute approximate surface area is 209 Å². The van der Waals surface area contributed by atoms with Gasteiger partial charge in [0.05, 0.1) is 23.1 Å². The van der Waals surface area contributed by atoms with Gasteiger partial charge in [0.1, 0.15) is 5.82 Å². The van der Waals surface area contributed by atoms with Gasteiger partial charge in [0.25, 0.3) is 11.5 Å². The number of halogens is 1. The molecule has 1 amide bonds. The summed E-state index contributed by atoms with van der Waals surface area (Å²) in [5, 5.41) is 7.29. The molecule has 36 heavy (non-hydrogen) atoms. The molecule has 3 aromatic carbocycles. The van der Waals surface area contributed by atoms with Crippen molar-refractivity contribution in [2.45, 2.75) is 19.5 Å². The van der Waals surface area contributed by atoms with E-state index >= 15 is 0 Å². The average molecular weight is 486 g/mol. The summed E-state index contributed by atoms with van der Waals surface area (Å²) in [6.07, 6.45) is 0. The summed E-state index contributed by atoms with van der Waals surface area (Å²) in [7, 11) is 4.04. The van der Waals surface area contributed by atoms with Crippen LogP contribution in [-0.4, -0.2) is 34.7 Å². The minimum Gasteiger partial charge on any atom is -0.397 e. The van der Waals surface area contributed by atoms with Crippen LogP contribution >= 0.6 is 0 Å². The van der Waals surface area contributed by atoms with Gasteiger partial charge >= 0.3 is 0 Å². The van der Waals surface area contributed by atoms with Crippen molar-refractivity contribution in [3.05, 3.63) is 112 Å². The molecule has 0 aliphatic carbocycles. The lowest BCUT2D eigenvalue weighted by molar-refractivity contribution is 0.102. The summed E-state index contributed by atoms with van der Waals surface area (Å²) < 4.78 is 14.7. The molecule has 1 aromatic heterocycles. The van der Waals surface area contributed by atoms with Crippen molar-refractivity contribution >= 4 is 17.3 Å². The number of hydrogen-bond acceptors (Lipinski definition) is 5. The normalized spacial score (nSPS) is 11.9. The van der Waals surface area contributed by atoms with Gasteiger partial charge < -0.3 is 16.0 Å². The number of amides is 1. The van der Waals surface area contributed by atoms with Gasteiger partial charge in [-0.1, -0.05) is 36.4 Å². The number of nitrogen functional groups attached to an aromatic ring is 1. The second-order valence-corrected chi connectivity index (χ2v) is 8.92. The zero-order valence-corrected chi connectivity index (χ0v) is 20.4. The maximum atomic E-state index is 13.3. The lowest BCUT2D eigenvalue weighted by Crippen LogP contribution is -2.26. The Bertz CT molecular complexity index is 1430. The quantitative estimate of drug-likeness (QED) is 0.375. The summed E-state index contributed by atoms with van der Waals surface area (Å²) in [5.41, 5.74) is 10.1. The number of nitrogens with two attached hydrogens (primary N) is 1. The molecule has 4 rings (SSSR count). The number of rotatable bonds is 7. The highest BCUT2D eigenvalue weighted by molar-refractivity contribution is 6.05. The van der Waals surface area contributed by atoms with Crippen LogP contribution in [0.3, 0.4) is 0 Å². The molecule has 1 atom stereocenters. The molecule has 0 saturated carbocycles. The Hall–Kier alpha value is -4.30. The van der Waals surface area contributed by atoms with Crippen LogP contribution in [0.2, 0.25) is 0 Å². The second kappa shape index (κ2) is 10.5. The van der Waals surface area contributed by atoms with Crippen LogP contribution in [0.5, 0.6) is 0 Å². The average Bonchev–Trinajstić information content (AvgIpc) is 2.86. The van der Waals surface area contributed by atoms with Crippen molar-refractivity contribution in [1.82, 2.24) is 14.7 Å². The molecule has 0 fully saturated rings. The second-order valence-electron chi connectivity index (χ2n) is 8.92. The Morgan fingerprint density at radius 2 is 1.72 bits per heavy atom. The molecule has 0 saturated heterocycles. The minimum atomic E-state index is -0.474. The van der Waals surface area contributed by atoms with Crippen LogP contribution in [0.4, 0.5) is 15.8 Å². The maximum absolute atomic E-state index is 13.3. The number of carbonyl (C=O) groups is 1. The van der Waals surface area contributed by atoms with Gasteiger partial charge in [0, 0.05) is 23.7 Å². The Morgan fingerprint density at radius 1 is 1.03 bits per heavy atom. The zero-order chi connectivity index (χ0) is 25.8. The van der Waals surface area contributed by atoms with Crippen LogP contribution in [0, 0.1) is 5.82 Å². The van der Waals surface area contributed by atoms with Crippen LogP contribution in [0.15, 0.2) is 83.7 Å².